The molecule has 0 N–H and O–H groups in total. The molecule has 5 atom stereocenters. The van der Waals surface area contributed by atoms with Crippen LogP contribution < -0.4 is 0 Å². The lowest BCUT2D eigenvalue weighted by atomic mass is 9.48. The van der Waals surface area contributed by atoms with Crippen LogP contribution in [0.15, 0.2) is 53.6 Å². The molecule has 0 heterocycles. The molecule has 0 unspecified atom stereocenters. The largest absolute Gasteiger partial charge is 0.290 e. The van der Waals surface area contributed by atoms with E-state index in [1.807, 2.05) is 6.08 Å². The van der Waals surface area contributed by atoms with Crippen molar-refractivity contribution in [2.24, 2.45) is 28.6 Å². The van der Waals surface area contributed by atoms with Gasteiger partial charge in [0.15, 0.2) is 11.5 Å². The van der Waals surface area contributed by atoms with Crippen molar-refractivity contribution in [2.75, 3.05) is 0 Å². The van der Waals surface area contributed by atoms with Crippen LogP contribution in [-0.4, -0.2) is 5.78 Å². The van der Waals surface area contributed by atoms with Gasteiger partial charge in [-0.3, -0.25) is 4.79 Å². The number of hydrogen-bond donors (Lipinski definition) is 0. The van der Waals surface area contributed by atoms with Gasteiger partial charge in [0.05, 0.1) is 6.57 Å². The highest BCUT2D eigenvalue weighted by atomic mass is 16.1. The fourth-order valence-corrected chi connectivity index (χ4v) is 7.42. The van der Waals surface area contributed by atoms with Gasteiger partial charge in [-0.1, -0.05) is 60.9 Å². The van der Waals surface area contributed by atoms with E-state index in [-0.39, 0.29) is 16.6 Å². The number of allylic oxidation sites excluding steroid dienone is 5. The molecule has 1 aromatic carbocycles. The molecule has 30 heavy (non-hydrogen) atoms. The van der Waals surface area contributed by atoms with Gasteiger partial charge in [-0.15, -0.1) is 0 Å². The minimum atomic E-state index is 0.0458. The Morgan fingerprint density at radius 2 is 1.83 bits per heavy atom. The van der Waals surface area contributed by atoms with E-state index in [1.54, 1.807) is 6.08 Å². The predicted octanol–water partition coefficient (Wildman–Crippen LogP) is 6.93. The lowest BCUT2D eigenvalue weighted by molar-refractivity contribution is -0.111. The number of nitrogens with zero attached hydrogens (tertiary/aromatic N) is 1. The van der Waals surface area contributed by atoms with Gasteiger partial charge in [-0.05, 0) is 86.3 Å². The molecule has 0 bridgehead atoms. The van der Waals surface area contributed by atoms with Crippen molar-refractivity contribution in [1.29, 1.82) is 0 Å². The molecule has 4 aliphatic carbocycles. The molecule has 3 saturated carbocycles. The summed E-state index contributed by atoms with van der Waals surface area (Å²) >= 11 is 0. The van der Waals surface area contributed by atoms with E-state index in [0.717, 1.165) is 30.5 Å². The van der Waals surface area contributed by atoms with Crippen molar-refractivity contribution in [2.45, 2.75) is 59.3 Å². The number of carbonyl (C=O) groups is 1. The third kappa shape index (κ3) is 2.71. The zero-order valence-electron chi connectivity index (χ0n) is 18.4. The molecule has 0 aliphatic heterocycles. The van der Waals surface area contributed by atoms with Crippen molar-refractivity contribution in [3.63, 3.8) is 0 Å². The maximum absolute atomic E-state index is 12.0. The highest BCUT2D eigenvalue weighted by molar-refractivity contribution is 6.01. The molecular weight excluding hydrogens is 366 g/mol. The van der Waals surface area contributed by atoms with Gasteiger partial charge in [-0.25, -0.2) is 4.85 Å². The number of benzene rings is 1. The van der Waals surface area contributed by atoms with E-state index in [0.29, 0.717) is 17.8 Å². The summed E-state index contributed by atoms with van der Waals surface area (Å²) in [6, 6.07) is 8.50. The molecule has 154 valence electrons. The molecule has 0 spiro atoms. The topological polar surface area (TPSA) is 21.4 Å². The number of ketones is 1. The molecule has 0 radical (unpaired) electrons. The van der Waals surface area contributed by atoms with E-state index in [1.165, 1.54) is 36.0 Å². The Morgan fingerprint density at radius 1 is 1.07 bits per heavy atom. The average Bonchev–Trinajstić information content (AvgIpc) is 3.08. The SMILES string of the molecule is [C-]#[N+]C(=C1CC[C@H]2[C@@H]3CCC4=CC(=O)C=C[C@]4(C)[C@H]3CC[C@]12C)c1ccc(C)cc1. The molecule has 0 aromatic heterocycles. The van der Waals surface area contributed by atoms with Crippen LogP contribution in [0, 0.1) is 42.1 Å². The first-order valence-corrected chi connectivity index (χ1v) is 11.5. The normalized spacial score (nSPS) is 38.8. The number of aryl methyl sites for hydroxylation is 1. The molecule has 2 heteroatoms. The summed E-state index contributed by atoms with van der Waals surface area (Å²) in [6.07, 6.45) is 12.8. The Labute approximate surface area is 180 Å². The zero-order valence-corrected chi connectivity index (χ0v) is 18.4. The Bertz CT molecular complexity index is 1030. The quantitative estimate of drug-likeness (QED) is 0.471. The van der Waals surface area contributed by atoms with Crippen LogP contribution in [0.5, 0.6) is 0 Å². The van der Waals surface area contributed by atoms with E-state index in [9.17, 15) is 4.79 Å². The number of fused-ring (bicyclic) bond motifs is 5. The molecule has 0 amide bonds. The van der Waals surface area contributed by atoms with Gasteiger partial charge >= 0.3 is 0 Å². The van der Waals surface area contributed by atoms with Crippen LogP contribution in [0.4, 0.5) is 0 Å². The minimum Gasteiger partial charge on any atom is -0.290 e. The Hall–Kier alpha value is -2.40. The van der Waals surface area contributed by atoms with Crippen LogP contribution in [0.1, 0.15) is 63.5 Å². The summed E-state index contributed by atoms with van der Waals surface area (Å²) in [4.78, 5) is 16.0. The number of hydrogen-bond acceptors (Lipinski definition) is 1. The maximum Gasteiger partial charge on any atom is 0.194 e. The van der Waals surface area contributed by atoms with Gasteiger partial charge < -0.3 is 0 Å². The lowest BCUT2D eigenvalue weighted by Gasteiger charge is -2.56. The van der Waals surface area contributed by atoms with Crippen LogP contribution >= 0.6 is 0 Å². The first-order valence-electron chi connectivity index (χ1n) is 11.5. The molecule has 4 aliphatic rings. The van der Waals surface area contributed by atoms with Crippen molar-refractivity contribution < 1.29 is 4.79 Å². The first-order chi connectivity index (χ1) is 14.4. The molecule has 2 nitrogen and oxygen atoms in total. The highest BCUT2D eigenvalue weighted by Gasteiger charge is 2.57. The van der Waals surface area contributed by atoms with Gasteiger partial charge in [0.25, 0.3) is 0 Å². The van der Waals surface area contributed by atoms with E-state index in [2.05, 4.69) is 56.0 Å². The first kappa shape index (κ1) is 19.6. The van der Waals surface area contributed by atoms with Crippen molar-refractivity contribution >= 4 is 11.5 Å². The van der Waals surface area contributed by atoms with Crippen molar-refractivity contribution in [3.8, 4) is 0 Å². The molecule has 1 aromatic rings. The summed E-state index contributed by atoms with van der Waals surface area (Å²) in [7, 11) is 0. The fraction of sp³-hybridized carbons (Fsp3) is 0.500. The van der Waals surface area contributed by atoms with E-state index < -0.39 is 0 Å². The van der Waals surface area contributed by atoms with Gasteiger partial charge in [0.1, 0.15) is 0 Å². The predicted molar refractivity (Wildman–Crippen MR) is 121 cm³/mol. The summed E-state index contributed by atoms with van der Waals surface area (Å²) in [6.45, 7) is 14.9. The third-order valence-electron chi connectivity index (χ3n) is 9.06. The molecule has 5 rings (SSSR count). The lowest BCUT2D eigenvalue weighted by Crippen LogP contribution is -2.48. The van der Waals surface area contributed by atoms with Gasteiger partial charge in [-0.2, -0.15) is 0 Å². The van der Waals surface area contributed by atoms with Gasteiger partial charge in [0, 0.05) is 5.41 Å². The zero-order chi connectivity index (χ0) is 21.1. The summed E-state index contributed by atoms with van der Waals surface area (Å²) in [5, 5.41) is 0. The van der Waals surface area contributed by atoms with Crippen molar-refractivity contribution in [3.05, 3.63) is 76.2 Å². The summed E-state index contributed by atoms with van der Waals surface area (Å²) in [5.74, 6) is 2.12. The summed E-state index contributed by atoms with van der Waals surface area (Å²) in [5.41, 5.74) is 6.18. The van der Waals surface area contributed by atoms with Crippen LogP contribution in [-0.2, 0) is 4.79 Å². The van der Waals surface area contributed by atoms with Crippen LogP contribution in [0.2, 0.25) is 0 Å². The average molecular weight is 398 g/mol. The maximum atomic E-state index is 12.0. The standard InChI is InChI=1S/C28H31NO/c1-18-5-7-19(8-6-18)26(29-4)25-12-11-23-22-10-9-20-17-21(30)13-15-27(20,2)24(22)14-16-28(23,25)3/h5-8,13,15,17,22-24H,9-12,14,16H2,1-3H3/t22-,23-,24-,27-,28-/m0/s1. The van der Waals surface area contributed by atoms with Crippen LogP contribution in [0.25, 0.3) is 10.5 Å². The van der Waals surface area contributed by atoms with Crippen molar-refractivity contribution in [1.82, 2.24) is 0 Å². The summed E-state index contributed by atoms with van der Waals surface area (Å²) < 4.78 is 0. The monoisotopic (exact) mass is 397 g/mol. The smallest absolute Gasteiger partial charge is 0.194 e. The third-order valence-corrected chi connectivity index (χ3v) is 9.06. The molecular formula is C28H31NO. The number of carbonyl (C=O) groups excluding carboxylic acids is 1. The van der Waals surface area contributed by atoms with E-state index in [4.69, 9.17) is 6.57 Å². The Morgan fingerprint density at radius 3 is 2.57 bits per heavy atom. The number of rotatable bonds is 1. The molecule has 0 saturated heterocycles. The highest BCUT2D eigenvalue weighted by Crippen LogP contribution is 2.66. The molecule has 3 fully saturated rings. The Balaban J connectivity index is 1.52. The minimum absolute atomic E-state index is 0.0458. The second-order valence-corrected chi connectivity index (χ2v) is 10.4. The van der Waals surface area contributed by atoms with E-state index >= 15 is 0 Å². The fourth-order valence-electron chi connectivity index (χ4n) is 7.42. The second kappa shape index (κ2) is 6.81. The second-order valence-electron chi connectivity index (χ2n) is 10.4. The van der Waals surface area contributed by atoms with Gasteiger partial charge in [0.2, 0.25) is 0 Å². The van der Waals surface area contributed by atoms with Crippen LogP contribution in [0.3, 0.4) is 0 Å². The Kier molecular flexibility index (Phi) is 4.44.